The van der Waals surface area contributed by atoms with Crippen LogP contribution < -0.4 is 10.6 Å². The summed E-state index contributed by atoms with van der Waals surface area (Å²) < 4.78 is 1.01. The van der Waals surface area contributed by atoms with Crippen molar-refractivity contribution in [3.8, 4) is 0 Å². The van der Waals surface area contributed by atoms with Crippen molar-refractivity contribution in [3.63, 3.8) is 0 Å². The number of aromatic nitrogens is 2. The zero-order valence-corrected chi connectivity index (χ0v) is 13.7. The highest BCUT2D eigenvalue weighted by Gasteiger charge is 2.08. The maximum Gasteiger partial charge on any atom is 0.266 e. The van der Waals surface area contributed by atoms with Crippen LogP contribution in [0.2, 0.25) is 0 Å². The minimum absolute atomic E-state index is 0.182. The summed E-state index contributed by atoms with van der Waals surface area (Å²) in [5.74, 6) is 0.842. The molecule has 0 aliphatic rings. The van der Waals surface area contributed by atoms with Crippen molar-refractivity contribution in [1.29, 1.82) is 0 Å². The number of nitrogens with zero attached hydrogens (tertiary/aromatic N) is 2. The molecule has 2 N–H and O–H groups in total. The molecule has 7 heteroatoms. The molecule has 0 saturated heterocycles. The fraction of sp³-hybridized carbons (Fsp3) is 0. The number of hydrogen-bond donors (Lipinski definition) is 2. The summed E-state index contributed by atoms with van der Waals surface area (Å²) in [4.78, 5) is 12.5. The molecule has 1 aromatic carbocycles. The summed E-state index contributed by atoms with van der Waals surface area (Å²) in [6.45, 7) is 0. The number of thiophene rings is 1. The Hall–Kier alpha value is -2.25. The summed E-state index contributed by atoms with van der Waals surface area (Å²) in [5, 5.41) is 15.7. The molecule has 22 heavy (non-hydrogen) atoms. The van der Waals surface area contributed by atoms with Crippen LogP contribution in [0.1, 0.15) is 9.67 Å². The molecular formula is C15H11BrN4OS. The molecule has 5 nitrogen and oxygen atoms in total. The highest BCUT2D eigenvalue weighted by molar-refractivity contribution is 9.10. The number of carbonyl (C=O) groups excluding carboxylic acids is 1. The van der Waals surface area contributed by atoms with Gasteiger partial charge in [-0.1, -0.05) is 22.0 Å². The summed E-state index contributed by atoms with van der Waals surface area (Å²) in [5.41, 5.74) is 0.910. The third-order valence-electron chi connectivity index (χ3n) is 2.77. The molecule has 0 aliphatic carbocycles. The SMILES string of the molecule is O=C(Nc1ccc(Nc2ccc(Br)cc2)nn1)c1cccs1. The molecule has 0 aliphatic heterocycles. The van der Waals surface area contributed by atoms with Crippen LogP contribution in [-0.4, -0.2) is 16.1 Å². The second-order valence-corrected chi connectivity index (χ2v) is 6.23. The van der Waals surface area contributed by atoms with Crippen LogP contribution in [0.4, 0.5) is 17.3 Å². The molecule has 110 valence electrons. The van der Waals surface area contributed by atoms with E-state index in [1.807, 2.05) is 35.7 Å². The summed E-state index contributed by atoms with van der Waals surface area (Å²) in [6, 6.07) is 14.8. The van der Waals surface area contributed by atoms with Crippen LogP contribution in [0, 0.1) is 0 Å². The van der Waals surface area contributed by atoms with Gasteiger partial charge in [-0.2, -0.15) is 0 Å². The molecule has 2 aromatic heterocycles. The number of hydrogen-bond acceptors (Lipinski definition) is 5. The molecule has 0 radical (unpaired) electrons. The van der Waals surface area contributed by atoms with E-state index in [-0.39, 0.29) is 5.91 Å². The van der Waals surface area contributed by atoms with Gasteiger partial charge >= 0.3 is 0 Å². The number of carbonyl (C=O) groups is 1. The first-order valence-electron chi connectivity index (χ1n) is 6.42. The predicted molar refractivity (Wildman–Crippen MR) is 91.7 cm³/mol. The molecule has 0 atom stereocenters. The predicted octanol–water partition coefficient (Wildman–Crippen LogP) is 4.30. The van der Waals surface area contributed by atoms with E-state index < -0.39 is 0 Å². The zero-order chi connectivity index (χ0) is 15.4. The van der Waals surface area contributed by atoms with Gasteiger partial charge in [0.15, 0.2) is 11.6 Å². The molecule has 1 amide bonds. The van der Waals surface area contributed by atoms with E-state index in [0.29, 0.717) is 16.5 Å². The zero-order valence-electron chi connectivity index (χ0n) is 11.3. The molecule has 3 aromatic rings. The molecular weight excluding hydrogens is 364 g/mol. The largest absolute Gasteiger partial charge is 0.339 e. The van der Waals surface area contributed by atoms with Gasteiger partial charge in [0, 0.05) is 10.2 Å². The molecule has 2 heterocycles. The van der Waals surface area contributed by atoms with Crippen LogP contribution in [0.5, 0.6) is 0 Å². The van der Waals surface area contributed by atoms with Crippen LogP contribution in [-0.2, 0) is 0 Å². The monoisotopic (exact) mass is 374 g/mol. The fourth-order valence-electron chi connectivity index (χ4n) is 1.73. The summed E-state index contributed by atoms with van der Waals surface area (Å²) >= 11 is 4.76. The third-order valence-corrected chi connectivity index (χ3v) is 4.17. The highest BCUT2D eigenvalue weighted by atomic mass is 79.9. The van der Waals surface area contributed by atoms with E-state index in [2.05, 4.69) is 36.8 Å². The van der Waals surface area contributed by atoms with E-state index in [1.165, 1.54) is 11.3 Å². The minimum atomic E-state index is -0.182. The highest BCUT2D eigenvalue weighted by Crippen LogP contribution is 2.18. The van der Waals surface area contributed by atoms with E-state index in [0.717, 1.165) is 10.2 Å². The number of nitrogens with one attached hydrogen (secondary N) is 2. The normalized spacial score (nSPS) is 10.2. The first kappa shape index (κ1) is 14.7. The van der Waals surface area contributed by atoms with Crippen molar-refractivity contribution in [2.24, 2.45) is 0 Å². The quantitative estimate of drug-likeness (QED) is 0.714. The van der Waals surface area contributed by atoms with Crippen LogP contribution >= 0.6 is 27.3 Å². The molecule has 0 fully saturated rings. The Bertz CT molecular complexity index is 757. The van der Waals surface area contributed by atoms with Gasteiger partial charge in [-0.25, -0.2) is 0 Å². The average molecular weight is 375 g/mol. The van der Waals surface area contributed by atoms with Crippen molar-refractivity contribution in [1.82, 2.24) is 10.2 Å². The number of anilines is 3. The number of halogens is 1. The van der Waals surface area contributed by atoms with Gasteiger partial charge in [-0.15, -0.1) is 21.5 Å². The molecule has 0 saturated carbocycles. The lowest BCUT2D eigenvalue weighted by atomic mass is 10.3. The van der Waals surface area contributed by atoms with Crippen LogP contribution in [0.15, 0.2) is 58.4 Å². The maximum atomic E-state index is 11.9. The lowest BCUT2D eigenvalue weighted by Crippen LogP contribution is -2.12. The molecule has 3 rings (SSSR count). The Labute approximate surface area is 139 Å². The fourth-order valence-corrected chi connectivity index (χ4v) is 2.62. The van der Waals surface area contributed by atoms with Crippen molar-refractivity contribution >= 4 is 50.5 Å². The van der Waals surface area contributed by atoms with Gasteiger partial charge in [0.2, 0.25) is 0 Å². The van der Waals surface area contributed by atoms with E-state index >= 15 is 0 Å². The van der Waals surface area contributed by atoms with E-state index in [9.17, 15) is 4.79 Å². The molecule has 0 spiro atoms. The third kappa shape index (κ3) is 3.69. The smallest absolute Gasteiger partial charge is 0.266 e. The minimum Gasteiger partial charge on any atom is -0.339 e. The second-order valence-electron chi connectivity index (χ2n) is 4.37. The lowest BCUT2D eigenvalue weighted by Gasteiger charge is -2.06. The first-order valence-corrected chi connectivity index (χ1v) is 8.09. The van der Waals surface area contributed by atoms with Gasteiger partial charge in [0.1, 0.15) is 0 Å². The molecule has 0 unspecified atom stereocenters. The summed E-state index contributed by atoms with van der Waals surface area (Å²) in [7, 11) is 0. The second kappa shape index (κ2) is 6.67. The Morgan fingerprint density at radius 2 is 1.73 bits per heavy atom. The van der Waals surface area contributed by atoms with Crippen molar-refractivity contribution in [3.05, 3.63) is 63.3 Å². The van der Waals surface area contributed by atoms with Gasteiger partial charge < -0.3 is 10.6 Å². The topological polar surface area (TPSA) is 66.9 Å². The van der Waals surface area contributed by atoms with Crippen molar-refractivity contribution < 1.29 is 4.79 Å². The average Bonchev–Trinajstić information content (AvgIpc) is 3.06. The van der Waals surface area contributed by atoms with Gasteiger partial charge in [-0.3, -0.25) is 4.79 Å². The standard InChI is InChI=1S/C15H11BrN4OS/c16-10-3-5-11(6-4-10)17-13-7-8-14(20-19-13)18-15(21)12-2-1-9-22-12/h1-9H,(H,17,19)(H,18,20,21). The van der Waals surface area contributed by atoms with Crippen LogP contribution in [0.25, 0.3) is 0 Å². The Morgan fingerprint density at radius 1 is 1.00 bits per heavy atom. The molecule has 0 bridgehead atoms. The van der Waals surface area contributed by atoms with E-state index in [4.69, 9.17) is 0 Å². The summed E-state index contributed by atoms with van der Waals surface area (Å²) in [6.07, 6.45) is 0. The number of rotatable bonds is 4. The van der Waals surface area contributed by atoms with Crippen LogP contribution in [0.3, 0.4) is 0 Å². The van der Waals surface area contributed by atoms with Gasteiger partial charge in [-0.05, 0) is 47.8 Å². The lowest BCUT2D eigenvalue weighted by molar-refractivity contribution is 0.103. The first-order chi connectivity index (χ1) is 10.7. The Morgan fingerprint density at radius 3 is 2.36 bits per heavy atom. The maximum absolute atomic E-state index is 11.9. The van der Waals surface area contributed by atoms with Crippen molar-refractivity contribution in [2.45, 2.75) is 0 Å². The Kier molecular flexibility index (Phi) is 4.45. The number of benzene rings is 1. The van der Waals surface area contributed by atoms with Gasteiger partial charge in [0.05, 0.1) is 4.88 Å². The Balaban J connectivity index is 1.65. The van der Waals surface area contributed by atoms with Crippen molar-refractivity contribution in [2.75, 3.05) is 10.6 Å². The van der Waals surface area contributed by atoms with E-state index in [1.54, 1.807) is 18.2 Å². The number of amides is 1. The van der Waals surface area contributed by atoms with Gasteiger partial charge in [0.25, 0.3) is 5.91 Å².